The summed E-state index contributed by atoms with van der Waals surface area (Å²) in [4.78, 5) is 44.1. The molecular weight excluding hydrogens is 681 g/mol. The van der Waals surface area contributed by atoms with Crippen molar-refractivity contribution in [3.8, 4) is 5.75 Å². The fourth-order valence-corrected chi connectivity index (χ4v) is 14.6. The van der Waals surface area contributed by atoms with Crippen LogP contribution in [0.4, 0.5) is 0 Å². The zero-order valence-electron chi connectivity index (χ0n) is 32.3. The predicted octanol–water partition coefficient (Wildman–Crippen LogP) is 7.41. The van der Waals surface area contributed by atoms with Crippen LogP contribution in [0.2, 0.25) is 5.04 Å². The monoisotopic (exact) mass is 734 g/mol. The van der Waals surface area contributed by atoms with E-state index in [9.17, 15) is 9.59 Å². The van der Waals surface area contributed by atoms with Crippen LogP contribution < -0.4 is 15.1 Å². The molecular formula is C45H54O7Si. The lowest BCUT2D eigenvalue weighted by atomic mass is 9.54. The Bertz CT molecular complexity index is 1820. The summed E-state index contributed by atoms with van der Waals surface area (Å²) in [5, 5.41) is 1.93. The molecule has 0 amide bonds. The number of hydrogen-bond acceptors (Lipinski definition) is 7. The van der Waals surface area contributed by atoms with Gasteiger partial charge in [-0.25, -0.2) is 0 Å². The first kappa shape index (κ1) is 38.6. The van der Waals surface area contributed by atoms with Gasteiger partial charge in [-0.2, -0.15) is 0 Å². The summed E-state index contributed by atoms with van der Waals surface area (Å²) < 4.78 is 25.0. The summed E-state index contributed by atoms with van der Waals surface area (Å²) in [7, 11) is -0.129. The van der Waals surface area contributed by atoms with Crippen molar-refractivity contribution >= 4 is 36.2 Å². The van der Waals surface area contributed by atoms with Crippen LogP contribution in [0.1, 0.15) is 65.9 Å². The molecule has 0 heterocycles. The Labute approximate surface area is 315 Å². The minimum absolute atomic E-state index is 0.0214. The van der Waals surface area contributed by atoms with Crippen molar-refractivity contribution in [3.05, 3.63) is 114 Å². The van der Waals surface area contributed by atoms with Crippen LogP contribution in [0.15, 0.2) is 109 Å². The maximum atomic E-state index is 15.1. The normalized spacial score (nSPS) is 27.0. The number of hydrogen-bond donors (Lipinski definition) is 0. The van der Waals surface area contributed by atoms with E-state index >= 15 is 4.79 Å². The average molecular weight is 735 g/mol. The van der Waals surface area contributed by atoms with E-state index in [-0.39, 0.29) is 41.8 Å². The zero-order valence-corrected chi connectivity index (χ0v) is 33.3. The second kappa shape index (κ2) is 15.0. The number of allylic oxidation sites excluding steroid dienone is 2. The summed E-state index contributed by atoms with van der Waals surface area (Å²) in [5.41, 5.74) is -0.368. The number of esters is 1. The van der Waals surface area contributed by atoms with Gasteiger partial charge in [-0.15, -0.1) is 6.58 Å². The van der Waals surface area contributed by atoms with Crippen molar-refractivity contribution in [2.24, 2.45) is 28.6 Å². The predicted molar refractivity (Wildman–Crippen MR) is 210 cm³/mol. The molecule has 0 bridgehead atoms. The molecule has 3 aromatic carbocycles. The standard InChI is InChI=1S/C45H54O7Si/c1-9-10-21-35-39-36(51-28-31-22-24-32(49-7)25-23-31)26-30(2)38(39)41(47)45(42(48)50-8)37(46)27-44(6,40(35)45)29-52-53(43(3,4)5,33-17-13-11-14-18-33)34-19-15-12-16-20-34/h9,11-20,22-25,30,35-36,40H,1,10,21,26-29H2,2-8H3/t30-,35+,36+,40+,44+,45+/m0/s1. The van der Waals surface area contributed by atoms with Crippen molar-refractivity contribution in [2.75, 3.05) is 20.8 Å². The summed E-state index contributed by atoms with van der Waals surface area (Å²) in [6.07, 6.45) is 3.38. The van der Waals surface area contributed by atoms with Gasteiger partial charge in [0.2, 0.25) is 0 Å². The number of carbonyl (C=O) groups is 3. The van der Waals surface area contributed by atoms with Crippen molar-refractivity contribution in [1.29, 1.82) is 0 Å². The van der Waals surface area contributed by atoms with Gasteiger partial charge >= 0.3 is 5.97 Å². The van der Waals surface area contributed by atoms with Gasteiger partial charge in [0.15, 0.2) is 17.0 Å². The Morgan fingerprint density at radius 1 is 0.943 bits per heavy atom. The number of rotatable bonds is 13. The van der Waals surface area contributed by atoms with Crippen molar-refractivity contribution in [3.63, 3.8) is 0 Å². The molecule has 3 aromatic rings. The molecule has 6 atom stereocenters. The molecule has 7 nitrogen and oxygen atoms in total. The number of carbonyl (C=O) groups excluding carboxylic acids is 3. The molecule has 8 heteroatoms. The number of benzene rings is 3. The Balaban J connectivity index is 1.48. The summed E-state index contributed by atoms with van der Waals surface area (Å²) in [5.74, 6) is -2.00. The maximum Gasteiger partial charge on any atom is 0.327 e. The minimum Gasteiger partial charge on any atom is -0.497 e. The van der Waals surface area contributed by atoms with E-state index < -0.39 is 36.8 Å². The van der Waals surface area contributed by atoms with E-state index in [1.54, 1.807) is 7.11 Å². The van der Waals surface area contributed by atoms with Gasteiger partial charge in [0.1, 0.15) is 5.75 Å². The zero-order chi connectivity index (χ0) is 38.2. The molecule has 0 aromatic heterocycles. The second-order valence-corrected chi connectivity index (χ2v) is 20.7. The summed E-state index contributed by atoms with van der Waals surface area (Å²) in [6, 6.07) is 28.5. The van der Waals surface area contributed by atoms with E-state index in [2.05, 4.69) is 51.6 Å². The van der Waals surface area contributed by atoms with Gasteiger partial charge in [-0.05, 0) is 69.8 Å². The van der Waals surface area contributed by atoms with Crippen molar-refractivity contribution in [2.45, 2.75) is 78.1 Å². The first-order valence-electron chi connectivity index (χ1n) is 18.8. The topological polar surface area (TPSA) is 88.1 Å². The number of ketones is 2. The number of methoxy groups -OCH3 is 2. The highest BCUT2D eigenvalue weighted by Crippen LogP contribution is 2.65. The van der Waals surface area contributed by atoms with E-state index in [0.717, 1.165) is 27.3 Å². The molecule has 6 rings (SSSR count). The third-order valence-corrected chi connectivity index (χ3v) is 17.2. The van der Waals surface area contributed by atoms with Gasteiger partial charge in [-0.1, -0.05) is 113 Å². The third-order valence-electron chi connectivity index (χ3n) is 12.2. The fourth-order valence-electron chi connectivity index (χ4n) is 9.94. The van der Waals surface area contributed by atoms with Crippen LogP contribution in [0.3, 0.4) is 0 Å². The Hall–Kier alpha value is -4.11. The second-order valence-electron chi connectivity index (χ2n) is 16.4. The number of Topliss-reactive ketones (excluding diaryl/α,β-unsaturated/α-hetero) is 2. The van der Waals surface area contributed by atoms with Crippen molar-refractivity contribution < 1.29 is 33.0 Å². The summed E-state index contributed by atoms with van der Waals surface area (Å²) >= 11 is 0. The number of ether oxygens (including phenoxy) is 3. The highest BCUT2D eigenvalue weighted by atomic mass is 28.4. The summed E-state index contributed by atoms with van der Waals surface area (Å²) in [6.45, 7) is 15.3. The van der Waals surface area contributed by atoms with E-state index in [1.165, 1.54) is 7.11 Å². The van der Waals surface area contributed by atoms with Gasteiger partial charge in [-0.3, -0.25) is 14.4 Å². The molecule has 3 aliphatic carbocycles. The first-order valence-corrected chi connectivity index (χ1v) is 20.7. The lowest BCUT2D eigenvalue weighted by Crippen LogP contribution is -2.67. The van der Waals surface area contributed by atoms with E-state index in [4.69, 9.17) is 18.6 Å². The van der Waals surface area contributed by atoms with Crippen LogP contribution in [0, 0.1) is 28.6 Å². The van der Waals surface area contributed by atoms with Crippen LogP contribution in [0.5, 0.6) is 5.75 Å². The minimum atomic E-state index is -3.05. The molecule has 0 saturated heterocycles. The van der Waals surface area contributed by atoms with Crippen LogP contribution >= 0.6 is 0 Å². The molecule has 0 N–H and O–H groups in total. The largest absolute Gasteiger partial charge is 0.497 e. The van der Waals surface area contributed by atoms with Crippen LogP contribution in [-0.2, 0) is 34.9 Å². The smallest absolute Gasteiger partial charge is 0.327 e. The molecule has 3 aliphatic rings. The SMILES string of the molecule is C=CCC[C@@H]1C2=C(C(=O)[C@@]3(C(=O)OC)C(=O)C[C@](C)(CO[Si](c4ccccc4)(c4ccccc4)C(C)(C)C)[C@@H]13)[C@@H](C)C[C@H]2OCc1ccc(OC)cc1. The highest BCUT2D eigenvalue weighted by molar-refractivity contribution is 6.99. The third kappa shape index (κ3) is 6.36. The van der Waals surface area contributed by atoms with Crippen LogP contribution in [0.25, 0.3) is 0 Å². The molecule has 53 heavy (non-hydrogen) atoms. The molecule has 1 fully saturated rings. The quantitative estimate of drug-likeness (QED) is 0.0783. The van der Waals surface area contributed by atoms with Gasteiger partial charge in [0.05, 0.1) is 26.9 Å². The molecule has 1 saturated carbocycles. The molecule has 0 aliphatic heterocycles. The Kier molecular flexibility index (Phi) is 10.9. The lowest BCUT2D eigenvalue weighted by molar-refractivity contribution is -0.167. The fraction of sp³-hybridized carbons (Fsp3) is 0.444. The highest BCUT2D eigenvalue weighted by Gasteiger charge is 2.74. The van der Waals surface area contributed by atoms with E-state index in [1.807, 2.05) is 80.6 Å². The van der Waals surface area contributed by atoms with Crippen LogP contribution in [-0.4, -0.2) is 52.8 Å². The van der Waals surface area contributed by atoms with Gasteiger partial charge in [0, 0.05) is 29.9 Å². The maximum absolute atomic E-state index is 15.1. The van der Waals surface area contributed by atoms with Gasteiger partial charge < -0.3 is 18.6 Å². The molecule has 280 valence electrons. The van der Waals surface area contributed by atoms with E-state index in [0.29, 0.717) is 31.4 Å². The number of fused-ring (bicyclic) bond motifs is 1. The lowest BCUT2D eigenvalue weighted by Gasteiger charge is -2.49. The molecule has 0 radical (unpaired) electrons. The average Bonchev–Trinajstić information content (AvgIpc) is 3.61. The van der Waals surface area contributed by atoms with Crippen molar-refractivity contribution in [1.82, 2.24) is 0 Å². The van der Waals surface area contributed by atoms with Gasteiger partial charge in [0.25, 0.3) is 8.32 Å². The Morgan fingerprint density at radius 2 is 1.55 bits per heavy atom. The molecule has 0 unspecified atom stereocenters. The molecule has 0 spiro atoms. The first-order chi connectivity index (χ1) is 25.3. The Morgan fingerprint density at radius 3 is 2.08 bits per heavy atom.